The normalized spacial score (nSPS) is 21.3. The van der Waals surface area contributed by atoms with Crippen molar-refractivity contribution < 1.29 is 19.4 Å². The van der Waals surface area contributed by atoms with Crippen LogP contribution >= 0.6 is 0 Å². The highest BCUT2D eigenvalue weighted by Gasteiger charge is 2.59. The summed E-state index contributed by atoms with van der Waals surface area (Å²) in [7, 11) is 1.63. The molecule has 1 aliphatic carbocycles. The minimum atomic E-state index is -0.694. The van der Waals surface area contributed by atoms with Gasteiger partial charge in [0.05, 0.1) is 13.0 Å². The van der Waals surface area contributed by atoms with Gasteiger partial charge in [-0.3, -0.25) is 9.59 Å². The van der Waals surface area contributed by atoms with E-state index >= 15 is 0 Å². The molecule has 1 saturated heterocycles. The lowest BCUT2D eigenvalue weighted by Gasteiger charge is -2.33. The molecule has 1 heterocycles. The van der Waals surface area contributed by atoms with E-state index in [0.717, 1.165) is 35.8 Å². The maximum absolute atomic E-state index is 13.0. The minimum Gasteiger partial charge on any atom is -0.496 e. The number of nitrogens with zero attached hydrogens (tertiary/aromatic N) is 1. The molecule has 1 atom stereocenters. The second-order valence-corrected chi connectivity index (χ2v) is 7.11. The number of carbonyl (C=O) groups is 2. The van der Waals surface area contributed by atoms with Gasteiger partial charge in [0.25, 0.3) is 5.91 Å². The maximum atomic E-state index is 13.0. The van der Waals surface area contributed by atoms with Gasteiger partial charge in [-0.05, 0) is 42.2 Å². The number of carboxylic acids is 1. The fourth-order valence-electron chi connectivity index (χ4n) is 4.21. The third-order valence-corrected chi connectivity index (χ3v) is 5.87. The number of benzene rings is 2. The molecule has 5 heteroatoms. The standard InChI is InChI=1S/C20H21NO4/c1-25-17-7-6-15(13-4-2-3-5-14(13)17)18(22)21-10-8-20(9-11-21)12-16(20)19(23)24/h2-7,16H,8-12H2,1H3,(H,23,24)/t16-/m1/s1. The average molecular weight is 339 g/mol. The average Bonchev–Trinajstić information content (AvgIpc) is 3.34. The Labute approximate surface area is 146 Å². The summed E-state index contributed by atoms with van der Waals surface area (Å²) >= 11 is 0. The van der Waals surface area contributed by atoms with Crippen LogP contribution < -0.4 is 4.74 Å². The quantitative estimate of drug-likeness (QED) is 0.933. The minimum absolute atomic E-state index is 0.0150. The first-order chi connectivity index (χ1) is 12.1. The van der Waals surface area contributed by atoms with E-state index in [1.165, 1.54) is 0 Å². The van der Waals surface area contributed by atoms with Crippen LogP contribution in [0.2, 0.25) is 0 Å². The topological polar surface area (TPSA) is 66.8 Å². The van der Waals surface area contributed by atoms with Crippen LogP contribution in [0.25, 0.3) is 10.8 Å². The van der Waals surface area contributed by atoms with Crippen LogP contribution in [0.4, 0.5) is 0 Å². The monoisotopic (exact) mass is 339 g/mol. The maximum Gasteiger partial charge on any atom is 0.307 e. The van der Waals surface area contributed by atoms with E-state index in [2.05, 4.69) is 0 Å². The van der Waals surface area contributed by atoms with Gasteiger partial charge in [0, 0.05) is 24.0 Å². The predicted molar refractivity (Wildman–Crippen MR) is 93.8 cm³/mol. The lowest BCUT2D eigenvalue weighted by atomic mass is 9.90. The van der Waals surface area contributed by atoms with Crippen molar-refractivity contribution >= 4 is 22.6 Å². The Bertz CT molecular complexity index is 852. The van der Waals surface area contributed by atoms with Gasteiger partial charge in [0.2, 0.25) is 0 Å². The molecule has 1 N–H and O–H groups in total. The van der Waals surface area contributed by atoms with E-state index in [9.17, 15) is 14.7 Å². The van der Waals surface area contributed by atoms with Gasteiger partial charge in [-0.25, -0.2) is 0 Å². The van der Waals surface area contributed by atoms with Crippen molar-refractivity contribution in [1.29, 1.82) is 0 Å². The molecule has 2 fully saturated rings. The lowest BCUT2D eigenvalue weighted by molar-refractivity contribution is -0.139. The fraction of sp³-hybridized carbons (Fsp3) is 0.400. The number of rotatable bonds is 3. The number of amides is 1. The van der Waals surface area contributed by atoms with Crippen molar-refractivity contribution in [3.8, 4) is 5.75 Å². The molecule has 4 rings (SSSR count). The van der Waals surface area contributed by atoms with Crippen LogP contribution in [0.5, 0.6) is 5.75 Å². The molecule has 2 aromatic rings. The summed E-state index contributed by atoms with van der Waals surface area (Å²) in [4.78, 5) is 26.1. The summed E-state index contributed by atoms with van der Waals surface area (Å²) in [6.07, 6.45) is 2.32. The number of piperidine rings is 1. The van der Waals surface area contributed by atoms with Crippen molar-refractivity contribution in [1.82, 2.24) is 4.90 Å². The number of methoxy groups -OCH3 is 1. The molecule has 0 bridgehead atoms. The first-order valence-corrected chi connectivity index (χ1v) is 8.63. The number of aliphatic carboxylic acids is 1. The Hall–Kier alpha value is -2.56. The van der Waals surface area contributed by atoms with E-state index in [1.54, 1.807) is 7.11 Å². The molecule has 2 aliphatic rings. The molecule has 25 heavy (non-hydrogen) atoms. The SMILES string of the molecule is COc1ccc(C(=O)N2CCC3(CC2)C[C@@H]3C(=O)O)c2ccccc12. The van der Waals surface area contributed by atoms with E-state index in [0.29, 0.717) is 18.7 Å². The van der Waals surface area contributed by atoms with Crippen LogP contribution in [0, 0.1) is 11.3 Å². The number of hydrogen-bond acceptors (Lipinski definition) is 3. The summed E-state index contributed by atoms with van der Waals surface area (Å²) in [5, 5.41) is 11.0. The summed E-state index contributed by atoms with van der Waals surface area (Å²) in [5.74, 6) is -0.138. The molecule has 1 aliphatic heterocycles. The number of carbonyl (C=O) groups excluding carboxylic acids is 1. The molecular formula is C20H21NO4. The number of likely N-dealkylation sites (tertiary alicyclic amines) is 1. The largest absolute Gasteiger partial charge is 0.496 e. The molecule has 1 saturated carbocycles. The fourth-order valence-corrected chi connectivity index (χ4v) is 4.21. The first kappa shape index (κ1) is 15.9. The molecule has 2 aromatic carbocycles. The molecule has 0 aromatic heterocycles. The number of carboxylic acid groups (broad SMARTS) is 1. The van der Waals surface area contributed by atoms with Gasteiger partial charge < -0.3 is 14.7 Å². The Kier molecular flexibility index (Phi) is 3.67. The van der Waals surface area contributed by atoms with Crippen molar-refractivity contribution in [2.75, 3.05) is 20.2 Å². The van der Waals surface area contributed by atoms with Crippen molar-refractivity contribution in [2.24, 2.45) is 11.3 Å². The molecule has 5 nitrogen and oxygen atoms in total. The first-order valence-electron chi connectivity index (χ1n) is 8.63. The highest BCUT2D eigenvalue weighted by Crippen LogP contribution is 2.59. The number of ether oxygens (including phenoxy) is 1. The molecule has 130 valence electrons. The van der Waals surface area contributed by atoms with Gasteiger partial charge in [-0.2, -0.15) is 0 Å². The van der Waals surface area contributed by atoms with Crippen LogP contribution in [0.15, 0.2) is 36.4 Å². The third-order valence-electron chi connectivity index (χ3n) is 5.87. The Morgan fingerprint density at radius 3 is 2.40 bits per heavy atom. The molecule has 0 unspecified atom stereocenters. The Balaban J connectivity index is 1.57. The summed E-state index contributed by atoms with van der Waals surface area (Å²) < 4.78 is 5.40. The van der Waals surface area contributed by atoms with Crippen LogP contribution in [-0.2, 0) is 4.79 Å². The zero-order valence-corrected chi connectivity index (χ0v) is 14.2. The van der Waals surface area contributed by atoms with Crippen LogP contribution in [0.1, 0.15) is 29.6 Å². The summed E-state index contributed by atoms with van der Waals surface area (Å²) in [6, 6.07) is 11.4. The van der Waals surface area contributed by atoms with Gasteiger partial charge >= 0.3 is 5.97 Å². The second-order valence-electron chi connectivity index (χ2n) is 7.11. The van der Waals surface area contributed by atoms with Gasteiger partial charge in [0.1, 0.15) is 5.75 Å². The molecule has 1 spiro atoms. The summed E-state index contributed by atoms with van der Waals surface area (Å²) in [6.45, 7) is 1.26. The molecular weight excluding hydrogens is 318 g/mol. The zero-order valence-electron chi connectivity index (χ0n) is 14.2. The Morgan fingerprint density at radius 1 is 1.12 bits per heavy atom. The van der Waals surface area contributed by atoms with Crippen LogP contribution in [0.3, 0.4) is 0 Å². The highest BCUT2D eigenvalue weighted by molar-refractivity contribution is 6.08. The molecule has 1 amide bonds. The summed E-state index contributed by atoms with van der Waals surface area (Å²) in [5.41, 5.74) is 0.614. The van der Waals surface area contributed by atoms with Crippen molar-refractivity contribution in [3.63, 3.8) is 0 Å². The Morgan fingerprint density at radius 2 is 1.80 bits per heavy atom. The number of fused-ring (bicyclic) bond motifs is 1. The van der Waals surface area contributed by atoms with E-state index < -0.39 is 5.97 Å². The lowest BCUT2D eigenvalue weighted by Crippen LogP contribution is -2.40. The second kappa shape index (κ2) is 5.76. The number of hydrogen-bond donors (Lipinski definition) is 1. The molecule has 0 radical (unpaired) electrons. The van der Waals surface area contributed by atoms with Crippen LogP contribution in [-0.4, -0.2) is 42.1 Å². The zero-order chi connectivity index (χ0) is 17.6. The predicted octanol–water partition coefficient (Wildman–Crippen LogP) is 3.18. The highest BCUT2D eigenvalue weighted by atomic mass is 16.5. The third kappa shape index (κ3) is 2.54. The smallest absolute Gasteiger partial charge is 0.307 e. The van der Waals surface area contributed by atoms with E-state index in [1.807, 2.05) is 41.3 Å². The van der Waals surface area contributed by atoms with E-state index in [-0.39, 0.29) is 17.2 Å². The van der Waals surface area contributed by atoms with Crippen molar-refractivity contribution in [3.05, 3.63) is 42.0 Å². The van der Waals surface area contributed by atoms with Gasteiger partial charge in [-0.1, -0.05) is 24.3 Å². The van der Waals surface area contributed by atoms with Crippen molar-refractivity contribution in [2.45, 2.75) is 19.3 Å². The van der Waals surface area contributed by atoms with Gasteiger partial charge in [0.15, 0.2) is 0 Å². The van der Waals surface area contributed by atoms with E-state index in [4.69, 9.17) is 4.74 Å². The van der Waals surface area contributed by atoms with Gasteiger partial charge in [-0.15, -0.1) is 0 Å².